The zero-order chi connectivity index (χ0) is 13.9. The van der Waals surface area contributed by atoms with Crippen LogP contribution in [0.2, 0.25) is 0 Å². The number of rotatable bonds is 4. The second-order valence-electron chi connectivity index (χ2n) is 4.11. The number of hydrogen-bond acceptors (Lipinski definition) is 3. The lowest BCUT2D eigenvalue weighted by Gasteiger charge is -2.24. The van der Waals surface area contributed by atoms with Crippen molar-refractivity contribution in [2.45, 2.75) is 5.60 Å². The number of hydrogen-bond donors (Lipinski definition) is 2. The fourth-order valence-electron chi connectivity index (χ4n) is 1.93. The molecule has 0 unspecified atom stereocenters. The summed E-state index contributed by atoms with van der Waals surface area (Å²) in [5, 5.41) is 19.9. The third-order valence-electron chi connectivity index (χ3n) is 3.01. The normalized spacial score (nSPS) is 13.6. The van der Waals surface area contributed by atoms with Gasteiger partial charge in [0.25, 0.3) is 0 Å². The van der Waals surface area contributed by atoms with Crippen LogP contribution in [0.1, 0.15) is 11.1 Å². The number of carboxylic acid groups (broad SMARTS) is 1. The minimum Gasteiger partial charge on any atom is -0.497 e. The van der Waals surface area contributed by atoms with Crippen LogP contribution in [0.5, 0.6) is 5.75 Å². The van der Waals surface area contributed by atoms with Crippen molar-refractivity contribution >= 4 is 5.97 Å². The van der Waals surface area contributed by atoms with E-state index in [1.807, 2.05) is 0 Å². The van der Waals surface area contributed by atoms with E-state index in [0.717, 1.165) is 0 Å². The summed E-state index contributed by atoms with van der Waals surface area (Å²) in [5.41, 5.74) is -1.47. The van der Waals surface area contributed by atoms with E-state index in [2.05, 4.69) is 0 Å². The molecule has 2 rings (SSSR count). The average Bonchev–Trinajstić information content (AvgIpc) is 2.47. The molecule has 0 amide bonds. The molecule has 0 spiro atoms. The minimum atomic E-state index is -2.06. The number of benzene rings is 2. The summed E-state index contributed by atoms with van der Waals surface area (Å²) in [4.78, 5) is 11.5. The number of methoxy groups -OCH3 is 1. The van der Waals surface area contributed by atoms with Crippen molar-refractivity contribution < 1.29 is 19.7 Å². The molecule has 0 saturated heterocycles. The van der Waals surface area contributed by atoms with Gasteiger partial charge in [-0.1, -0.05) is 42.5 Å². The van der Waals surface area contributed by atoms with Crippen LogP contribution in [0.3, 0.4) is 0 Å². The van der Waals surface area contributed by atoms with Gasteiger partial charge in [-0.25, -0.2) is 4.79 Å². The summed E-state index contributed by atoms with van der Waals surface area (Å²) in [6, 6.07) is 14.6. The Labute approximate surface area is 110 Å². The Balaban J connectivity index is 2.53. The summed E-state index contributed by atoms with van der Waals surface area (Å²) >= 11 is 0. The molecule has 0 saturated carbocycles. The van der Waals surface area contributed by atoms with Crippen LogP contribution >= 0.6 is 0 Å². The molecular formula is C15H14O4. The van der Waals surface area contributed by atoms with E-state index in [9.17, 15) is 15.0 Å². The first-order chi connectivity index (χ1) is 9.09. The van der Waals surface area contributed by atoms with Crippen molar-refractivity contribution in [3.05, 3.63) is 65.7 Å². The van der Waals surface area contributed by atoms with Gasteiger partial charge in [0.05, 0.1) is 7.11 Å². The second-order valence-corrected chi connectivity index (χ2v) is 4.11. The molecule has 2 aromatic rings. The summed E-state index contributed by atoms with van der Waals surface area (Å²) < 4.78 is 5.02. The minimum absolute atomic E-state index is 0.284. The molecular weight excluding hydrogens is 244 g/mol. The largest absolute Gasteiger partial charge is 0.497 e. The van der Waals surface area contributed by atoms with Crippen molar-refractivity contribution in [1.82, 2.24) is 0 Å². The Hall–Kier alpha value is -2.33. The van der Waals surface area contributed by atoms with Crippen LogP contribution in [0.25, 0.3) is 0 Å². The van der Waals surface area contributed by atoms with Crippen LogP contribution in [-0.2, 0) is 10.4 Å². The van der Waals surface area contributed by atoms with Gasteiger partial charge < -0.3 is 14.9 Å². The molecule has 19 heavy (non-hydrogen) atoms. The quantitative estimate of drug-likeness (QED) is 0.880. The highest BCUT2D eigenvalue weighted by molar-refractivity contribution is 5.83. The fraction of sp³-hybridized carbons (Fsp3) is 0.133. The molecule has 0 aromatic heterocycles. The molecule has 0 aliphatic carbocycles. The first kappa shape index (κ1) is 13.1. The highest BCUT2D eigenvalue weighted by atomic mass is 16.5. The molecule has 4 nitrogen and oxygen atoms in total. The Morgan fingerprint density at radius 1 is 1.00 bits per heavy atom. The predicted molar refractivity (Wildman–Crippen MR) is 70.1 cm³/mol. The Bertz CT molecular complexity index is 562. The third-order valence-corrected chi connectivity index (χ3v) is 3.01. The molecule has 2 aromatic carbocycles. The first-order valence-corrected chi connectivity index (χ1v) is 5.75. The number of carboxylic acids is 1. The molecule has 4 heteroatoms. The maximum absolute atomic E-state index is 11.5. The van der Waals surface area contributed by atoms with Crippen LogP contribution in [0, 0.1) is 0 Å². The highest BCUT2D eigenvalue weighted by Crippen LogP contribution is 2.30. The van der Waals surface area contributed by atoms with E-state index in [1.54, 1.807) is 54.6 Å². The monoisotopic (exact) mass is 258 g/mol. The van der Waals surface area contributed by atoms with Crippen LogP contribution in [0.15, 0.2) is 54.6 Å². The van der Waals surface area contributed by atoms with Gasteiger partial charge in [0.2, 0.25) is 5.60 Å². The number of ether oxygens (including phenoxy) is 1. The molecule has 0 bridgehead atoms. The zero-order valence-corrected chi connectivity index (χ0v) is 10.4. The van der Waals surface area contributed by atoms with Crippen molar-refractivity contribution in [2.75, 3.05) is 7.11 Å². The Morgan fingerprint density at radius 2 is 1.53 bits per heavy atom. The molecule has 2 N–H and O–H groups in total. The molecule has 0 radical (unpaired) electrons. The van der Waals surface area contributed by atoms with E-state index >= 15 is 0 Å². The molecule has 0 aliphatic rings. The molecule has 0 fully saturated rings. The predicted octanol–water partition coefficient (Wildman–Crippen LogP) is 2.02. The lowest BCUT2D eigenvalue weighted by Crippen LogP contribution is -2.36. The fourth-order valence-corrected chi connectivity index (χ4v) is 1.93. The number of carbonyl (C=O) groups is 1. The molecule has 98 valence electrons. The second kappa shape index (κ2) is 5.12. The molecule has 0 aliphatic heterocycles. The van der Waals surface area contributed by atoms with Gasteiger partial charge in [0.1, 0.15) is 5.75 Å². The van der Waals surface area contributed by atoms with Crippen molar-refractivity contribution in [1.29, 1.82) is 0 Å². The maximum atomic E-state index is 11.5. The zero-order valence-electron chi connectivity index (χ0n) is 10.4. The molecule has 0 heterocycles. The van der Waals surface area contributed by atoms with Gasteiger partial charge in [-0.3, -0.25) is 0 Å². The van der Waals surface area contributed by atoms with Crippen molar-refractivity contribution in [2.24, 2.45) is 0 Å². The van der Waals surface area contributed by atoms with E-state index in [1.165, 1.54) is 7.11 Å². The first-order valence-electron chi connectivity index (χ1n) is 5.75. The van der Waals surface area contributed by atoms with Gasteiger partial charge in [0.15, 0.2) is 0 Å². The Morgan fingerprint density at radius 3 is 2.00 bits per heavy atom. The maximum Gasteiger partial charge on any atom is 0.345 e. The summed E-state index contributed by atoms with van der Waals surface area (Å²) in [6.45, 7) is 0. The average molecular weight is 258 g/mol. The number of aliphatic hydroxyl groups is 1. The van der Waals surface area contributed by atoms with Gasteiger partial charge in [-0.2, -0.15) is 0 Å². The highest BCUT2D eigenvalue weighted by Gasteiger charge is 2.39. The number of aliphatic carboxylic acids is 1. The summed E-state index contributed by atoms with van der Waals surface area (Å²) in [7, 11) is 1.52. The topological polar surface area (TPSA) is 66.8 Å². The smallest absolute Gasteiger partial charge is 0.345 e. The standard InChI is InChI=1S/C15H14O4/c1-19-13-9-7-12(8-10-13)15(18,14(16)17)11-5-3-2-4-6-11/h2-10,18H,1H3,(H,16,17)/t15-/m1/s1. The summed E-state index contributed by atoms with van der Waals surface area (Å²) in [5.74, 6) is -0.714. The lowest BCUT2D eigenvalue weighted by atomic mass is 9.86. The van der Waals surface area contributed by atoms with Gasteiger partial charge in [-0.15, -0.1) is 0 Å². The van der Waals surface area contributed by atoms with E-state index in [4.69, 9.17) is 4.74 Å². The van der Waals surface area contributed by atoms with E-state index in [-0.39, 0.29) is 5.56 Å². The van der Waals surface area contributed by atoms with Gasteiger partial charge in [0, 0.05) is 0 Å². The summed E-state index contributed by atoms with van der Waals surface area (Å²) in [6.07, 6.45) is 0. The van der Waals surface area contributed by atoms with E-state index < -0.39 is 11.6 Å². The van der Waals surface area contributed by atoms with Gasteiger partial charge in [-0.05, 0) is 23.3 Å². The van der Waals surface area contributed by atoms with Crippen molar-refractivity contribution in [3.8, 4) is 5.75 Å². The SMILES string of the molecule is COc1ccc([C@@](O)(C(=O)O)c2ccccc2)cc1. The third kappa shape index (κ3) is 2.30. The Kier molecular flexibility index (Phi) is 3.53. The van der Waals surface area contributed by atoms with Crippen LogP contribution in [-0.4, -0.2) is 23.3 Å². The van der Waals surface area contributed by atoms with Crippen molar-refractivity contribution in [3.63, 3.8) is 0 Å². The van der Waals surface area contributed by atoms with Crippen LogP contribution < -0.4 is 4.74 Å². The molecule has 1 atom stereocenters. The van der Waals surface area contributed by atoms with Gasteiger partial charge >= 0.3 is 5.97 Å². The van der Waals surface area contributed by atoms with Crippen LogP contribution in [0.4, 0.5) is 0 Å². The van der Waals surface area contributed by atoms with E-state index in [0.29, 0.717) is 11.3 Å². The lowest BCUT2D eigenvalue weighted by molar-refractivity contribution is -0.155.